The average molecular weight is 222 g/mol. The van der Waals surface area contributed by atoms with Gasteiger partial charge in [0.25, 0.3) is 0 Å². The van der Waals surface area contributed by atoms with Crippen molar-refractivity contribution in [2.24, 2.45) is 17.8 Å². The molecule has 0 aromatic rings. The van der Waals surface area contributed by atoms with E-state index >= 15 is 0 Å². The first kappa shape index (κ1) is 15.5. The molecule has 0 nitrogen and oxygen atoms in total. The van der Waals surface area contributed by atoms with Crippen LogP contribution >= 0.6 is 0 Å². The molecule has 3 unspecified atom stereocenters. The molecule has 1 fully saturated rings. The van der Waals surface area contributed by atoms with Crippen LogP contribution in [0.1, 0.15) is 59.8 Å². The van der Waals surface area contributed by atoms with Gasteiger partial charge in [-0.2, -0.15) is 0 Å². The third kappa shape index (κ3) is 5.01. The van der Waals surface area contributed by atoms with Crippen LogP contribution in [-0.2, 0) is 0 Å². The first-order chi connectivity index (χ1) is 7.60. The van der Waals surface area contributed by atoms with Gasteiger partial charge in [0.2, 0.25) is 0 Å². The van der Waals surface area contributed by atoms with Gasteiger partial charge in [-0.25, -0.2) is 0 Å². The van der Waals surface area contributed by atoms with Gasteiger partial charge in [-0.3, -0.25) is 0 Å². The molecule has 1 aliphatic carbocycles. The molecule has 3 atom stereocenters. The zero-order valence-corrected chi connectivity index (χ0v) is 11.8. The predicted octanol–water partition coefficient (Wildman–Crippen LogP) is 5.61. The standard InChI is InChI=1S/C13H22.C3H8/c1-5-11(4)13-8-7-10(3)9-12(13)6-2;1-3-2/h6,10,12-13H,2,4-5,7-9H2,1,3H3;3H2,1-2H3. The van der Waals surface area contributed by atoms with Crippen LogP contribution in [0.25, 0.3) is 0 Å². The highest BCUT2D eigenvalue weighted by Crippen LogP contribution is 2.38. The third-order valence-electron chi connectivity index (χ3n) is 3.44. The number of rotatable bonds is 3. The molecule has 16 heavy (non-hydrogen) atoms. The van der Waals surface area contributed by atoms with Crippen molar-refractivity contribution < 1.29 is 0 Å². The van der Waals surface area contributed by atoms with E-state index in [0.717, 1.165) is 18.3 Å². The zero-order chi connectivity index (χ0) is 12.6. The van der Waals surface area contributed by atoms with Gasteiger partial charge in [-0.1, -0.05) is 58.8 Å². The van der Waals surface area contributed by atoms with E-state index in [1.54, 1.807) is 0 Å². The van der Waals surface area contributed by atoms with Crippen molar-refractivity contribution in [1.29, 1.82) is 0 Å². The normalized spacial score (nSPS) is 28.9. The van der Waals surface area contributed by atoms with Gasteiger partial charge in [0, 0.05) is 0 Å². The minimum atomic E-state index is 0.691. The summed E-state index contributed by atoms with van der Waals surface area (Å²) in [4.78, 5) is 0. The van der Waals surface area contributed by atoms with Gasteiger partial charge in [0.1, 0.15) is 0 Å². The van der Waals surface area contributed by atoms with Crippen molar-refractivity contribution in [1.82, 2.24) is 0 Å². The summed E-state index contributed by atoms with van der Waals surface area (Å²) in [6.45, 7) is 16.9. The van der Waals surface area contributed by atoms with E-state index < -0.39 is 0 Å². The van der Waals surface area contributed by atoms with Crippen LogP contribution in [0, 0.1) is 17.8 Å². The Morgan fingerprint density at radius 2 is 1.81 bits per heavy atom. The Morgan fingerprint density at radius 3 is 2.25 bits per heavy atom. The molecule has 0 bridgehead atoms. The fourth-order valence-corrected chi connectivity index (χ4v) is 2.45. The summed E-state index contributed by atoms with van der Waals surface area (Å²) in [5.74, 6) is 2.29. The molecule has 94 valence electrons. The molecule has 0 amide bonds. The molecule has 1 rings (SSSR count). The maximum Gasteiger partial charge on any atom is -0.0143 e. The molecule has 0 heteroatoms. The van der Waals surface area contributed by atoms with E-state index in [4.69, 9.17) is 0 Å². The van der Waals surface area contributed by atoms with E-state index in [1.807, 2.05) is 0 Å². The minimum absolute atomic E-state index is 0.691. The van der Waals surface area contributed by atoms with Crippen LogP contribution in [0.4, 0.5) is 0 Å². The summed E-state index contributed by atoms with van der Waals surface area (Å²) >= 11 is 0. The SMILES string of the molecule is C=CC1CC(C)CCC1C(=C)CC.CCC. The molecule has 0 radical (unpaired) electrons. The van der Waals surface area contributed by atoms with Gasteiger partial charge in [0.05, 0.1) is 0 Å². The topological polar surface area (TPSA) is 0 Å². The van der Waals surface area contributed by atoms with Crippen molar-refractivity contribution in [2.45, 2.75) is 59.8 Å². The lowest BCUT2D eigenvalue weighted by atomic mass is 9.71. The lowest BCUT2D eigenvalue weighted by molar-refractivity contribution is 0.255. The highest BCUT2D eigenvalue weighted by atomic mass is 14.3. The molecule has 0 saturated heterocycles. The second-order valence-electron chi connectivity index (χ2n) is 5.14. The molecule has 0 N–H and O–H groups in total. The van der Waals surface area contributed by atoms with E-state index in [2.05, 4.69) is 46.9 Å². The lowest BCUT2D eigenvalue weighted by Crippen LogP contribution is -2.23. The van der Waals surface area contributed by atoms with Crippen LogP contribution < -0.4 is 0 Å². The van der Waals surface area contributed by atoms with Gasteiger partial charge in [-0.15, -0.1) is 6.58 Å². The molecule has 0 heterocycles. The number of hydrogen-bond donors (Lipinski definition) is 0. The molecule has 1 saturated carbocycles. The molecule has 0 aliphatic heterocycles. The summed E-state index contributed by atoms with van der Waals surface area (Å²) in [6.07, 6.45) is 8.52. The predicted molar refractivity (Wildman–Crippen MR) is 75.6 cm³/mol. The van der Waals surface area contributed by atoms with Gasteiger partial charge >= 0.3 is 0 Å². The monoisotopic (exact) mass is 222 g/mol. The van der Waals surface area contributed by atoms with E-state index in [0.29, 0.717) is 5.92 Å². The average Bonchev–Trinajstić information content (AvgIpc) is 2.29. The van der Waals surface area contributed by atoms with Gasteiger partial charge < -0.3 is 0 Å². The van der Waals surface area contributed by atoms with E-state index in [-0.39, 0.29) is 0 Å². The summed E-state index contributed by atoms with van der Waals surface area (Å²) < 4.78 is 0. The Kier molecular flexibility index (Phi) is 8.33. The molecular formula is C16H30. The summed E-state index contributed by atoms with van der Waals surface area (Å²) in [7, 11) is 0. The molecule has 0 aromatic carbocycles. The van der Waals surface area contributed by atoms with Crippen LogP contribution in [0.2, 0.25) is 0 Å². The highest BCUT2D eigenvalue weighted by Gasteiger charge is 2.27. The lowest BCUT2D eigenvalue weighted by Gasteiger charge is -2.34. The maximum atomic E-state index is 4.17. The van der Waals surface area contributed by atoms with Crippen LogP contribution in [0.3, 0.4) is 0 Å². The molecular weight excluding hydrogens is 192 g/mol. The second kappa shape index (κ2) is 8.61. The van der Waals surface area contributed by atoms with Gasteiger partial charge in [-0.05, 0) is 37.0 Å². The molecule has 0 aromatic heterocycles. The Labute approximate surface area is 103 Å². The summed E-state index contributed by atoms with van der Waals surface area (Å²) in [6, 6.07) is 0. The number of hydrogen-bond acceptors (Lipinski definition) is 0. The quantitative estimate of drug-likeness (QED) is 0.545. The first-order valence-corrected chi connectivity index (χ1v) is 6.90. The Bertz CT molecular complexity index is 202. The fourth-order valence-electron chi connectivity index (χ4n) is 2.45. The minimum Gasteiger partial charge on any atom is -0.103 e. The highest BCUT2D eigenvalue weighted by molar-refractivity contribution is 5.07. The van der Waals surface area contributed by atoms with Crippen molar-refractivity contribution in [3.05, 3.63) is 24.8 Å². The third-order valence-corrected chi connectivity index (χ3v) is 3.44. The van der Waals surface area contributed by atoms with Crippen LogP contribution in [-0.4, -0.2) is 0 Å². The van der Waals surface area contributed by atoms with Crippen molar-refractivity contribution in [3.8, 4) is 0 Å². The zero-order valence-electron chi connectivity index (χ0n) is 11.8. The van der Waals surface area contributed by atoms with Crippen LogP contribution in [0.5, 0.6) is 0 Å². The smallest absolute Gasteiger partial charge is 0.0143 e. The van der Waals surface area contributed by atoms with E-state index in [9.17, 15) is 0 Å². The van der Waals surface area contributed by atoms with Crippen molar-refractivity contribution in [3.63, 3.8) is 0 Å². The second-order valence-corrected chi connectivity index (χ2v) is 5.14. The summed E-state index contributed by atoms with van der Waals surface area (Å²) in [5.41, 5.74) is 1.43. The Hall–Kier alpha value is -0.520. The number of allylic oxidation sites excluding steroid dienone is 2. The largest absolute Gasteiger partial charge is 0.103 e. The Balaban J connectivity index is 0.000000673. The summed E-state index contributed by atoms with van der Waals surface area (Å²) in [5, 5.41) is 0. The molecule has 0 spiro atoms. The van der Waals surface area contributed by atoms with Crippen molar-refractivity contribution >= 4 is 0 Å². The van der Waals surface area contributed by atoms with Crippen molar-refractivity contribution in [2.75, 3.05) is 0 Å². The molecule has 1 aliphatic rings. The maximum absolute atomic E-state index is 4.17. The first-order valence-electron chi connectivity index (χ1n) is 6.90. The van der Waals surface area contributed by atoms with E-state index in [1.165, 1.54) is 31.3 Å². The Morgan fingerprint density at radius 1 is 1.25 bits per heavy atom. The van der Waals surface area contributed by atoms with Crippen LogP contribution in [0.15, 0.2) is 24.8 Å². The van der Waals surface area contributed by atoms with Gasteiger partial charge in [0.15, 0.2) is 0 Å². The fraction of sp³-hybridized carbons (Fsp3) is 0.750.